The lowest BCUT2D eigenvalue weighted by atomic mass is 10.0. The van der Waals surface area contributed by atoms with E-state index >= 15 is 0 Å². The molecule has 0 aliphatic rings. The number of nitrogens with zero attached hydrogens (tertiary/aromatic N) is 2. The van der Waals surface area contributed by atoms with Crippen molar-refractivity contribution in [1.82, 2.24) is 9.71 Å². The summed E-state index contributed by atoms with van der Waals surface area (Å²) in [5.41, 5.74) is 2.21. The lowest BCUT2D eigenvalue weighted by Crippen LogP contribution is -2.27. The first kappa shape index (κ1) is 19.1. The molecule has 0 bridgehead atoms. The van der Waals surface area contributed by atoms with Gasteiger partial charge in [-0.3, -0.25) is 0 Å². The van der Waals surface area contributed by atoms with E-state index in [0.29, 0.717) is 11.5 Å². The minimum Gasteiger partial charge on any atom is -0.357 e. The van der Waals surface area contributed by atoms with Crippen LogP contribution in [0.4, 0.5) is 10.2 Å². The van der Waals surface area contributed by atoms with Crippen LogP contribution >= 0.6 is 0 Å². The average molecular weight is 363 g/mol. The van der Waals surface area contributed by atoms with E-state index in [1.165, 1.54) is 25.3 Å². The zero-order valence-electron chi connectivity index (χ0n) is 14.7. The highest BCUT2D eigenvalue weighted by molar-refractivity contribution is 7.92. The molecule has 1 N–H and O–H groups in total. The first-order valence-electron chi connectivity index (χ1n) is 7.85. The normalized spacial score (nSPS) is 12.1. The third kappa shape index (κ3) is 4.87. The Hall–Kier alpha value is -2.25. The van der Waals surface area contributed by atoms with Gasteiger partial charge in [-0.25, -0.2) is 22.5 Å². The molecule has 1 heterocycles. The lowest BCUT2D eigenvalue weighted by Gasteiger charge is -2.25. The van der Waals surface area contributed by atoms with Gasteiger partial charge in [0.2, 0.25) is 10.0 Å². The second-order valence-corrected chi connectivity index (χ2v) is 7.64. The zero-order valence-corrected chi connectivity index (χ0v) is 15.5. The molecular weight excluding hydrogens is 341 g/mol. The second-order valence-electron chi connectivity index (χ2n) is 5.87. The zero-order chi connectivity index (χ0) is 18.6. The van der Waals surface area contributed by atoms with Crippen molar-refractivity contribution in [3.63, 3.8) is 0 Å². The summed E-state index contributed by atoms with van der Waals surface area (Å²) in [5.74, 6) is 0.401. The van der Waals surface area contributed by atoms with Gasteiger partial charge in [-0.05, 0) is 56.8 Å². The number of anilines is 1. The number of halogens is 1. The summed E-state index contributed by atoms with van der Waals surface area (Å²) in [6.07, 6.45) is 1.44. The van der Waals surface area contributed by atoms with Gasteiger partial charge in [-0.2, -0.15) is 0 Å². The van der Waals surface area contributed by atoms with Gasteiger partial charge >= 0.3 is 0 Å². The van der Waals surface area contributed by atoms with Crippen molar-refractivity contribution in [2.24, 2.45) is 0 Å². The summed E-state index contributed by atoms with van der Waals surface area (Å²) in [5, 5.41) is 1.08. The van der Waals surface area contributed by atoms with Gasteiger partial charge in [0, 0.05) is 24.1 Å². The molecule has 0 atom stereocenters. The van der Waals surface area contributed by atoms with Gasteiger partial charge in [-0.15, -0.1) is 0 Å². The molecular formula is C18H22FN3O2S. The highest BCUT2D eigenvalue weighted by Crippen LogP contribution is 2.30. The molecule has 134 valence electrons. The molecule has 0 aliphatic heterocycles. The van der Waals surface area contributed by atoms with Crippen LogP contribution < -0.4 is 9.62 Å². The summed E-state index contributed by atoms with van der Waals surface area (Å²) in [6.45, 7) is 4.06. The van der Waals surface area contributed by atoms with E-state index < -0.39 is 10.0 Å². The second kappa shape index (κ2) is 7.76. The Bertz CT molecular complexity index is 862. The highest BCUT2D eigenvalue weighted by atomic mass is 32.2. The SMILES string of the molecule is CNS(=O)(=O)C=Cc1ccc(-c2ccc(F)cc2)c(N(C)C(C)C)n1. The van der Waals surface area contributed by atoms with Crippen LogP contribution in [-0.4, -0.2) is 33.5 Å². The van der Waals surface area contributed by atoms with Gasteiger partial charge < -0.3 is 4.90 Å². The largest absolute Gasteiger partial charge is 0.357 e. The molecule has 0 fully saturated rings. The van der Waals surface area contributed by atoms with Crippen LogP contribution in [0.15, 0.2) is 41.8 Å². The van der Waals surface area contributed by atoms with E-state index in [2.05, 4.69) is 9.71 Å². The first-order chi connectivity index (χ1) is 11.7. The molecule has 0 saturated heterocycles. The van der Waals surface area contributed by atoms with E-state index in [-0.39, 0.29) is 11.9 Å². The maximum Gasteiger partial charge on any atom is 0.233 e. The van der Waals surface area contributed by atoms with Gasteiger partial charge in [0.05, 0.1) is 5.69 Å². The van der Waals surface area contributed by atoms with Crippen LogP contribution in [0.5, 0.6) is 0 Å². The minimum atomic E-state index is -3.46. The molecule has 0 saturated carbocycles. The topological polar surface area (TPSA) is 62.3 Å². The van der Waals surface area contributed by atoms with E-state index in [4.69, 9.17) is 0 Å². The number of aromatic nitrogens is 1. The van der Waals surface area contributed by atoms with Gasteiger partial charge in [0.25, 0.3) is 0 Å². The molecule has 1 aromatic heterocycles. The van der Waals surface area contributed by atoms with Crippen molar-refractivity contribution >= 4 is 21.9 Å². The summed E-state index contributed by atoms with van der Waals surface area (Å²) in [6, 6.07) is 9.99. The Balaban J connectivity index is 2.52. The predicted molar refractivity (Wildman–Crippen MR) is 100 cm³/mol. The van der Waals surface area contributed by atoms with Crippen molar-refractivity contribution in [3.8, 4) is 11.1 Å². The Kier molecular flexibility index (Phi) is 5.92. The van der Waals surface area contributed by atoms with Gasteiger partial charge in [0.1, 0.15) is 11.6 Å². The van der Waals surface area contributed by atoms with Crippen molar-refractivity contribution in [1.29, 1.82) is 0 Å². The third-order valence-corrected chi connectivity index (χ3v) is 4.93. The molecule has 2 rings (SSSR count). The fraction of sp³-hybridized carbons (Fsp3) is 0.278. The van der Waals surface area contributed by atoms with E-state index in [9.17, 15) is 12.8 Å². The number of benzene rings is 1. The Morgan fingerprint density at radius 2 is 1.80 bits per heavy atom. The van der Waals surface area contributed by atoms with E-state index in [0.717, 1.165) is 16.5 Å². The molecule has 0 radical (unpaired) electrons. The van der Waals surface area contributed by atoms with Gasteiger partial charge in [-0.1, -0.05) is 12.1 Å². The summed E-state index contributed by atoms with van der Waals surface area (Å²) in [7, 11) is -0.196. The lowest BCUT2D eigenvalue weighted by molar-refractivity contribution is 0.597. The number of hydrogen-bond acceptors (Lipinski definition) is 4. The summed E-state index contributed by atoms with van der Waals surface area (Å²) >= 11 is 0. The number of nitrogens with one attached hydrogen (secondary N) is 1. The third-order valence-electron chi connectivity index (χ3n) is 3.86. The molecule has 7 heteroatoms. The molecule has 0 amide bonds. The fourth-order valence-corrected chi connectivity index (χ4v) is 2.61. The van der Waals surface area contributed by atoms with Crippen molar-refractivity contribution in [3.05, 3.63) is 53.3 Å². The summed E-state index contributed by atoms with van der Waals surface area (Å²) < 4.78 is 38.5. The number of sulfonamides is 1. The van der Waals surface area contributed by atoms with Crippen LogP contribution in [0.25, 0.3) is 17.2 Å². The van der Waals surface area contributed by atoms with Crippen molar-refractivity contribution in [2.45, 2.75) is 19.9 Å². The summed E-state index contributed by atoms with van der Waals surface area (Å²) in [4.78, 5) is 6.57. The molecule has 25 heavy (non-hydrogen) atoms. The standard InChI is InChI=1S/C18H22FN3O2S/c1-13(2)22(4)18-17(14-5-7-15(19)8-6-14)10-9-16(21-18)11-12-25(23,24)20-3/h5-13,20H,1-4H3. The quantitative estimate of drug-likeness (QED) is 0.856. The minimum absolute atomic E-state index is 0.187. The molecule has 0 aliphatic carbocycles. The molecule has 0 unspecified atom stereocenters. The van der Waals surface area contributed by atoms with Crippen LogP contribution in [-0.2, 0) is 10.0 Å². The number of hydrogen-bond donors (Lipinski definition) is 1. The van der Waals surface area contributed by atoms with Crippen molar-refractivity contribution in [2.75, 3.05) is 19.0 Å². The Morgan fingerprint density at radius 3 is 2.36 bits per heavy atom. The van der Waals surface area contributed by atoms with Crippen LogP contribution in [0.2, 0.25) is 0 Å². The smallest absolute Gasteiger partial charge is 0.233 e. The first-order valence-corrected chi connectivity index (χ1v) is 9.39. The monoisotopic (exact) mass is 363 g/mol. The molecule has 0 spiro atoms. The highest BCUT2D eigenvalue weighted by Gasteiger charge is 2.14. The predicted octanol–water partition coefficient (Wildman–Crippen LogP) is 3.25. The number of rotatable bonds is 6. The Morgan fingerprint density at radius 1 is 1.16 bits per heavy atom. The van der Waals surface area contributed by atoms with Crippen LogP contribution in [0, 0.1) is 5.82 Å². The van der Waals surface area contributed by atoms with Crippen LogP contribution in [0.3, 0.4) is 0 Å². The maximum absolute atomic E-state index is 13.2. The van der Waals surface area contributed by atoms with Crippen LogP contribution in [0.1, 0.15) is 19.5 Å². The molecule has 5 nitrogen and oxygen atoms in total. The average Bonchev–Trinajstić information content (AvgIpc) is 2.60. The Labute approximate surface area is 148 Å². The fourth-order valence-electron chi connectivity index (χ4n) is 2.15. The molecule has 2 aromatic rings. The maximum atomic E-state index is 13.2. The van der Waals surface area contributed by atoms with E-state index in [1.54, 1.807) is 18.2 Å². The number of pyridine rings is 1. The van der Waals surface area contributed by atoms with Gasteiger partial charge in [0.15, 0.2) is 0 Å². The van der Waals surface area contributed by atoms with E-state index in [1.807, 2.05) is 31.9 Å². The molecule has 1 aromatic carbocycles. The van der Waals surface area contributed by atoms with Crippen molar-refractivity contribution < 1.29 is 12.8 Å².